The van der Waals surface area contributed by atoms with Gasteiger partial charge in [-0.25, -0.2) is 24.3 Å². The Labute approximate surface area is 120 Å². The zero-order valence-electron chi connectivity index (χ0n) is 7.46. The van der Waals surface area contributed by atoms with Crippen LogP contribution in [0.3, 0.4) is 0 Å². The Balaban J connectivity index is -0.0000000556. The van der Waals surface area contributed by atoms with Crippen molar-refractivity contribution in [3.8, 4) is 0 Å². The number of hydrogen-bond donors (Lipinski definition) is 0. The van der Waals surface area contributed by atoms with Gasteiger partial charge in [0.25, 0.3) is 0 Å². The zero-order chi connectivity index (χ0) is 7.07. The van der Waals surface area contributed by atoms with E-state index in [1.807, 2.05) is 24.3 Å². The largest absolute Gasteiger partial charge is 5.00 e. The second-order valence-corrected chi connectivity index (χ2v) is 2.01. The monoisotopic (exact) mass is 328 g/mol. The summed E-state index contributed by atoms with van der Waals surface area (Å²) in [6.07, 6.45) is 20.0. The molecule has 0 bridgehead atoms. The first-order valence-electron chi connectivity index (χ1n) is 3.43. The van der Waals surface area contributed by atoms with E-state index in [4.69, 9.17) is 0 Å². The van der Waals surface area contributed by atoms with Crippen molar-refractivity contribution in [3.63, 3.8) is 0 Å². The van der Waals surface area contributed by atoms with Gasteiger partial charge in [-0.05, 0) is 0 Å². The molecule has 0 radical (unpaired) electrons. The fraction of sp³-hybridized carbons (Fsp3) is 0.200. The molecule has 0 aromatic carbocycles. The van der Waals surface area contributed by atoms with Crippen LogP contribution in [-0.4, -0.2) is 0 Å². The molecule has 14 heavy (non-hydrogen) atoms. The Kier molecular flexibility index (Phi) is 32.9. The van der Waals surface area contributed by atoms with Crippen LogP contribution in [0.5, 0.6) is 0 Å². The van der Waals surface area contributed by atoms with E-state index in [1.54, 1.807) is 0 Å². The van der Waals surface area contributed by atoms with Gasteiger partial charge in [0.05, 0.1) is 0 Å². The molecule has 0 atom stereocenters. The van der Waals surface area contributed by atoms with Crippen molar-refractivity contribution >= 4 is 0 Å². The fourth-order valence-electron chi connectivity index (χ4n) is 0.680. The van der Waals surface area contributed by atoms with E-state index < -0.39 is 0 Å². The van der Waals surface area contributed by atoms with Crippen LogP contribution in [0.2, 0.25) is 0 Å². The Morgan fingerprint density at radius 3 is 1.14 bits per heavy atom. The average molecular weight is 329 g/mol. The van der Waals surface area contributed by atoms with Crippen LogP contribution in [-0.2, 0) is 22.4 Å². The summed E-state index contributed by atoms with van der Waals surface area (Å²) >= 11 is 0. The first-order valence-corrected chi connectivity index (χ1v) is 3.43. The second-order valence-electron chi connectivity index (χ2n) is 2.01. The van der Waals surface area contributed by atoms with E-state index in [0.717, 1.165) is 12.8 Å². The van der Waals surface area contributed by atoms with Crippen LogP contribution in [0.25, 0.3) is 0 Å². The Bertz CT molecular complexity index is 154. The minimum Gasteiger partial charge on any atom is -1.00 e. The standard InChI is InChI=1S/2C5H5.3ClH.Nb/c2*1-2-4-5-3-1;;;;/h2*1-3H,4H2;3*1H;/q2*-1;;;;+5/p-3. The van der Waals surface area contributed by atoms with Crippen LogP contribution >= 0.6 is 0 Å². The molecule has 76 valence electrons. The number of halogens is 3. The first kappa shape index (κ1) is 24.0. The number of allylic oxidation sites excluding steroid dienone is 8. The zero-order valence-corrected chi connectivity index (χ0v) is 11.9. The van der Waals surface area contributed by atoms with Gasteiger partial charge in [0.1, 0.15) is 0 Å². The Morgan fingerprint density at radius 2 is 1.07 bits per heavy atom. The maximum absolute atomic E-state index is 2.99. The molecule has 2 rings (SSSR count). The Morgan fingerprint density at radius 1 is 0.714 bits per heavy atom. The third kappa shape index (κ3) is 15.1. The van der Waals surface area contributed by atoms with Crippen molar-refractivity contribution in [2.75, 3.05) is 0 Å². The van der Waals surface area contributed by atoms with E-state index in [2.05, 4.69) is 24.3 Å². The molecule has 2 aliphatic carbocycles. The van der Waals surface area contributed by atoms with Gasteiger partial charge in [-0.2, -0.15) is 12.2 Å². The molecule has 0 spiro atoms. The molecule has 4 heteroatoms. The molecule has 0 saturated heterocycles. The minimum atomic E-state index is 0. The summed E-state index contributed by atoms with van der Waals surface area (Å²) < 4.78 is 0. The van der Waals surface area contributed by atoms with Gasteiger partial charge in [0.2, 0.25) is 0 Å². The molecule has 2 aliphatic rings. The van der Waals surface area contributed by atoms with Gasteiger partial charge in [-0.1, -0.05) is 0 Å². The van der Waals surface area contributed by atoms with E-state index in [9.17, 15) is 0 Å². The van der Waals surface area contributed by atoms with Crippen molar-refractivity contribution < 1.29 is 59.6 Å². The van der Waals surface area contributed by atoms with Crippen molar-refractivity contribution in [2.45, 2.75) is 12.8 Å². The third-order valence-corrected chi connectivity index (χ3v) is 1.17. The minimum absolute atomic E-state index is 0. The molecule has 0 aliphatic heterocycles. The molecule has 0 aromatic heterocycles. The van der Waals surface area contributed by atoms with Gasteiger partial charge in [-0.15, -0.1) is 12.8 Å². The van der Waals surface area contributed by atoms with E-state index in [-0.39, 0.29) is 59.6 Å². The smallest absolute Gasteiger partial charge is 1.00 e. The Hall–Kier alpha value is 0.570. The van der Waals surface area contributed by atoms with Crippen LogP contribution in [0.15, 0.2) is 36.5 Å². The molecule has 0 fully saturated rings. The van der Waals surface area contributed by atoms with E-state index >= 15 is 0 Å². The van der Waals surface area contributed by atoms with Crippen LogP contribution in [0.1, 0.15) is 12.8 Å². The van der Waals surface area contributed by atoms with Crippen molar-refractivity contribution in [1.29, 1.82) is 0 Å². The molecule has 0 N–H and O–H groups in total. The summed E-state index contributed by atoms with van der Waals surface area (Å²) in [5.41, 5.74) is 0. The number of rotatable bonds is 0. The van der Waals surface area contributed by atoms with Crippen LogP contribution < -0.4 is 37.2 Å². The summed E-state index contributed by atoms with van der Waals surface area (Å²) in [6.45, 7) is 0. The molecular weight excluding hydrogens is 319 g/mol. The molecule has 0 nitrogen and oxygen atoms in total. The normalized spacial score (nSPS) is 12.6. The second kappa shape index (κ2) is 19.2. The number of hydrogen-bond acceptors (Lipinski definition) is 0. The molecule has 0 aromatic rings. The van der Waals surface area contributed by atoms with Crippen LogP contribution in [0.4, 0.5) is 0 Å². The first-order chi connectivity index (χ1) is 5.00. The van der Waals surface area contributed by atoms with Gasteiger partial charge >= 0.3 is 22.4 Å². The molecular formula is C10H10Cl3Nb. The third-order valence-electron chi connectivity index (χ3n) is 1.17. The molecule has 0 saturated carbocycles. The fourth-order valence-corrected chi connectivity index (χ4v) is 0.680. The van der Waals surface area contributed by atoms with Crippen molar-refractivity contribution in [3.05, 3.63) is 48.6 Å². The molecule has 0 heterocycles. The maximum Gasteiger partial charge on any atom is 5.00 e. The molecule has 0 unspecified atom stereocenters. The summed E-state index contributed by atoms with van der Waals surface area (Å²) in [7, 11) is 0. The predicted octanol–water partition coefficient (Wildman–Crippen LogP) is -6.38. The topological polar surface area (TPSA) is 0 Å². The summed E-state index contributed by atoms with van der Waals surface area (Å²) in [4.78, 5) is 0. The van der Waals surface area contributed by atoms with Gasteiger partial charge in [-0.3, -0.25) is 12.2 Å². The van der Waals surface area contributed by atoms with Crippen molar-refractivity contribution in [2.24, 2.45) is 0 Å². The predicted molar refractivity (Wildman–Crippen MR) is 43.1 cm³/mol. The maximum atomic E-state index is 2.99. The summed E-state index contributed by atoms with van der Waals surface area (Å²) in [5.74, 6) is 0. The van der Waals surface area contributed by atoms with Gasteiger partial charge in [0, 0.05) is 0 Å². The SMILES string of the molecule is [C-]1=CC=CC1.[C-]1=CC=CC1.[Cl-].[Cl-].[Cl-].[Nb+5]. The average Bonchev–Trinajstić information content (AvgIpc) is 2.67. The van der Waals surface area contributed by atoms with Gasteiger partial charge < -0.3 is 37.2 Å². The van der Waals surface area contributed by atoms with E-state index in [1.165, 1.54) is 0 Å². The van der Waals surface area contributed by atoms with E-state index in [0.29, 0.717) is 0 Å². The summed E-state index contributed by atoms with van der Waals surface area (Å²) in [5, 5.41) is 0. The summed E-state index contributed by atoms with van der Waals surface area (Å²) in [6, 6.07) is 0. The quantitative estimate of drug-likeness (QED) is 0.306. The molecule has 0 amide bonds. The van der Waals surface area contributed by atoms with Gasteiger partial charge in [0.15, 0.2) is 0 Å². The van der Waals surface area contributed by atoms with Crippen LogP contribution in [0, 0.1) is 12.2 Å². The van der Waals surface area contributed by atoms with Crippen molar-refractivity contribution in [1.82, 2.24) is 0 Å².